The van der Waals surface area contributed by atoms with Crippen LogP contribution < -0.4 is 5.32 Å². The Bertz CT molecular complexity index is 302. The van der Waals surface area contributed by atoms with Crippen molar-refractivity contribution in [2.75, 3.05) is 44.3 Å². The van der Waals surface area contributed by atoms with Crippen LogP contribution in [0.5, 0.6) is 0 Å². The number of nitrogens with zero attached hydrogens (tertiary/aromatic N) is 1. The molecule has 0 aliphatic carbocycles. The van der Waals surface area contributed by atoms with Gasteiger partial charge in [0.25, 0.3) is 0 Å². The fourth-order valence-electron chi connectivity index (χ4n) is 2.15. The molecule has 0 radical (unpaired) electrons. The monoisotopic (exact) mass is 276 g/mol. The Balaban J connectivity index is 2.61. The van der Waals surface area contributed by atoms with E-state index < -0.39 is 16.3 Å². The number of rotatable bonds is 6. The van der Waals surface area contributed by atoms with Crippen molar-refractivity contribution in [2.45, 2.75) is 26.3 Å². The predicted molar refractivity (Wildman–Crippen MR) is 73.0 cm³/mol. The molecule has 0 amide bonds. The van der Waals surface area contributed by atoms with Crippen molar-refractivity contribution in [1.29, 1.82) is 0 Å². The quantitative estimate of drug-likeness (QED) is 0.691. The summed E-state index contributed by atoms with van der Waals surface area (Å²) in [6, 6.07) is 0. The first-order valence-corrected chi connectivity index (χ1v) is 8.00. The maximum Gasteiger partial charge on any atom is 0.327 e. The lowest BCUT2D eigenvalue weighted by atomic mass is 10.0. The molecule has 6 heteroatoms. The second kappa shape index (κ2) is 7.21. The van der Waals surface area contributed by atoms with Crippen molar-refractivity contribution < 1.29 is 13.7 Å². The van der Waals surface area contributed by atoms with Crippen molar-refractivity contribution in [2.24, 2.45) is 0 Å². The number of nitrogens with one attached hydrogen (secondary N) is 1. The molecule has 1 saturated heterocycles. The van der Waals surface area contributed by atoms with Crippen LogP contribution in [0.15, 0.2) is 0 Å². The summed E-state index contributed by atoms with van der Waals surface area (Å²) in [5, 5.41) is 3.21. The average Bonchev–Trinajstić information content (AvgIpc) is 2.33. The van der Waals surface area contributed by atoms with Gasteiger partial charge in [-0.25, -0.2) is 0 Å². The van der Waals surface area contributed by atoms with E-state index >= 15 is 0 Å². The summed E-state index contributed by atoms with van der Waals surface area (Å²) < 4.78 is 16.4. The number of likely N-dealkylation sites (N-methyl/N-ethyl adjacent to an activating group) is 1. The minimum Gasteiger partial charge on any atom is -0.465 e. The molecule has 0 spiro atoms. The van der Waals surface area contributed by atoms with Gasteiger partial charge in [-0.3, -0.25) is 13.9 Å². The van der Waals surface area contributed by atoms with E-state index in [2.05, 4.69) is 10.2 Å². The molecule has 106 valence electrons. The number of hydrogen-bond acceptors (Lipinski definition) is 5. The highest BCUT2D eigenvalue weighted by Crippen LogP contribution is 2.12. The molecule has 1 rings (SSSR count). The number of carbonyl (C=O) groups is 1. The first-order chi connectivity index (χ1) is 8.51. The second-order valence-electron chi connectivity index (χ2n) is 4.71. The van der Waals surface area contributed by atoms with Gasteiger partial charge in [0.2, 0.25) is 0 Å². The van der Waals surface area contributed by atoms with Gasteiger partial charge < -0.3 is 10.1 Å². The highest BCUT2D eigenvalue weighted by atomic mass is 32.2. The third-order valence-electron chi connectivity index (χ3n) is 3.10. The van der Waals surface area contributed by atoms with Crippen molar-refractivity contribution in [3.05, 3.63) is 0 Å². The normalized spacial score (nSPS) is 21.5. The summed E-state index contributed by atoms with van der Waals surface area (Å²) in [6.45, 7) is 8.95. The molecule has 5 nitrogen and oxygen atoms in total. The highest BCUT2D eigenvalue weighted by Gasteiger charge is 2.36. The van der Waals surface area contributed by atoms with Gasteiger partial charge in [0, 0.05) is 41.9 Å². The maximum atomic E-state index is 12.0. The molecule has 1 N–H and O–H groups in total. The van der Waals surface area contributed by atoms with Gasteiger partial charge in [-0.05, 0) is 20.4 Å². The lowest BCUT2D eigenvalue weighted by molar-refractivity contribution is -0.151. The molecule has 0 bridgehead atoms. The Hall–Kier alpha value is -0.460. The lowest BCUT2D eigenvalue weighted by Crippen LogP contribution is -2.59. The molecule has 1 heterocycles. The highest BCUT2D eigenvalue weighted by molar-refractivity contribution is 7.85. The Labute approximate surface area is 112 Å². The molecule has 1 aliphatic rings. The summed E-state index contributed by atoms with van der Waals surface area (Å²) >= 11 is 0. The smallest absolute Gasteiger partial charge is 0.327 e. The molecule has 0 aromatic heterocycles. The zero-order chi connectivity index (χ0) is 13.6. The Morgan fingerprint density at radius 3 is 2.50 bits per heavy atom. The van der Waals surface area contributed by atoms with E-state index in [0.717, 1.165) is 19.6 Å². The van der Waals surface area contributed by atoms with Crippen LogP contribution in [-0.2, 0) is 20.3 Å². The van der Waals surface area contributed by atoms with Gasteiger partial charge in [-0.2, -0.15) is 0 Å². The molecule has 18 heavy (non-hydrogen) atoms. The minimum atomic E-state index is -0.685. The molecule has 0 aromatic rings. The van der Waals surface area contributed by atoms with Gasteiger partial charge in [0.05, 0.1) is 6.61 Å². The summed E-state index contributed by atoms with van der Waals surface area (Å²) in [4.78, 5) is 14.2. The van der Waals surface area contributed by atoms with E-state index in [0.29, 0.717) is 24.7 Å². The number of esters is 1. The van der Waals surface area contributed by atoms with Gasteiger partial charge in [-0.1, -0.05) is 6.92 Å². The van der Waals surface area contributed by atoms with E-state index in [1.165, 1.54) is 0 Å². The third kappa shape index (κ3) is 4.33. The van der Waals surface area contributed by atoms with Crippen LogP contribution >= 0.6 is 0 Å². The van der Waals surface area contributed by atoms with E-state index in [4.69, 9.17) is 4.74 Å². The molecule has 1 aliphatic heterocycles. The molecular weight excluding hydrogens is 252 g/mol. The lowest BCUT2D eigenvalue weighted by Gasteiger charge is -2.35. The molecule has 0 aromatic carbocycles. The van der Waals surface area contributed by atoms with E-state index in [-0.39, 0.29) is 5.97 Å². The van der Waals surface area contributed by atoms with Crippen LogP contribution in [0.3, 0.4) is 0 Å². The number of carbonyl (C=O) groups excluding carboxylic acids is 1. The fourth-order valence-corrected chi connectivity index (χ4v) is 3.28. The van der Waals surface area contributed by atoms with Gasteiger partial charge in [0.1, 0.15) is 5.54 Å². The Morgan fingerprint density at radius 1 is 1.39 bits per heavy atom. The first-order valence-electron chi connectivity index (χ1n) is 6.51. The average molecular weight is 276 g/mol. The standard InChI is InChI=1S/C12H24N2O3S/c1-4-13-12(3,11(15)17-5-2)10-14-6-8-18(16)9-7-14/h13H,4-10H2,1-3H3. The van der Waals surface area contributed by atoms with Crippen molar-refractivity contribution in [3.63, 3.8) is 0 Å². The zero-order valence-corrected chi connectivity index (χ0v) is 12.3. The maximum absolute atomic E-state index is 12.0. The van der Waals surface area contributed by atoms with E-state index in [9.17, 15) is 9.00 Å². The number of ether oxygens (including phenoxy) is 1. The Kier molecular flexibility index (Phi) is 6.25. The van der Waals surface area contributed by atoms with Crippen molar-refractivity contribution >= 4 is 16.8 Å². The van der Waals surface area contributed by atoms with Gasteiger partial charge >= 0.3 is 5.97 Å². The Morgan fingerprint density at radius 2 is 2.00 bits per heavy atom. The van der Waals surface area contributed by atoms with Crippen LogP contribution in [0.25, 0.3) is 0 Å². The summed E-state index contributed by atoms with van der Waals surface area (Å²) in [7, 11) is -0.685. The van der Waals surface area contributed by atoms with E-state index in [1.807, 2.05) is 20.8 Å². The fraction of sp³-hybridized carbons (Fsp3) is 0.917. The van der Waals surface area contributed by atoms with Crippen LogP contribution in [0.4, 0.5) is 0 Å². The zero-order valence-electron chi connectivity index (χ0n) is 11.5. The van der Waals surface area contributed by atoms with Crippen LogP contribution in [-0.4, -0.2) is 64.9 Å². The molecule has 1 fully saturated rings. The summed E-state index contributed by atoms with van der Waals surface area (Å²) in [5.74, 6) is 1.19. The molecule has 1 unspecified atom stereocenters. The summed E-state index contributed by atoms with van der Waals surface area (Å²) in [6.07, 6.45) is 0. The van der Waals surface area contributed by atoms with Gasteiger partial charge in [0.15, 0.2) is 0 Å². The first kappa shape index (κ1) is 15.6. The van der Waals surface area contributed by atoms with E-state index in [1.54, 1.807) is 0 Å². The SMILES string of the molecule is CCNC(C)(CN1CCS(=O)CC1)C(=O)OCC. The third-order valence-corrected chi connectivity index (χ3v) is 4.38. The molecular formula is C12H24N2O3S. The van der Waals surface area contributed by atoms with Gasteiger partial charge in [-0.15, -0.1) is 0 Å². The van der Waals surface area contributed by atoms with Crippen LogP contribution in [0.2, 0.25) is 0 Å². The number of hydrogen-bond donors (Lipinski definition) is 1. The topological polar surface area (TPSA) is 58.6 Å². The predicted octanol–water partition coefficient (Wildman–Crippen LogP) is -0.0180. The second-order valence-corrected chi connectivity index (χ2v) is 6.40. The largest absolute Gasteiger partial charge is 0.465 e. The van der Waals surface area contributed by atoms with Crippen molar-refractivity contribution in [3.8, 4) is 0 Å². The van der Waals surface area contributed by atoms with Crippen LogP contribution in [0, 0.1) is 0 Å². The molecule has 1 atom stereocenters. The van der Waals surface area contributed by atoms with Crippen molar-refractivity contribution in [1.82, 2.24) is 10.2 Å². The summed E-state index contributed by atoms with van der Waals surface area (Å²) in [5.41, 5.74) is -0.677. The molecule has 0 saturated carbocycles. The minimum absolute atomic E-state index is 0.210. The van der Waals surface area contributed by atoms with Crippen LogP contribution in [0.1, 0.15) is 20.8 Å².